The SMILES string of the molecule is Cc1nn([C@@H]2CCN([C@H](C)c3cc(Cl)cc(OC(F)(F)F)c3)C2)c2cc(F)c(C(=O)O)cc12. The van der Waals surface area contributed by atoms with Crippen molar-refractivity contribution in [2.45, 2.75) is 38.7 Å². The average molecular weight is 486 g/mol. The summed E-state index contributed by atoms with van der Waals surface area (Å²) in [5.74, 6) is -2.57. The summed E-state index contributed by atoms with van der Waals surface area (Å²) in [5.41, 5.74) is 1.24. The lowest BCUT2D eigenvalue weighted by molar-refractivity contribution is -0.274. The molecule has 6 nitrogen and oxygen atoms in total. The van der Waals surface area contributed by atoms with E-state index in [9.17, 15) is 27.5 Å². The van der Waals surface area contributed by atoms with Gasteiger partial charge in [-0.05, 0) is 50.1 Å². The number of likely N-dealkylation sites (tertiary alicyclic amines) is 1. The predicted molar refractivity (Wildman–Crippen MR) is 113 cm³/mol. The van der Waals surface area contributed by atoms with Crippen LogP contribution < -0.4 is 4.74 Å². The van der Waals surface area contributed by atoms with Crippen molar-refractivity contribution in [3.8, 4) is 5.75 Å². The average Bonchev–Trinajstić information content (AvgIpc) is 3.29. The Kier molecular flexibility index (Phi) is 6.00. The molecule has 1 aromatic heterocycles. The molecule has 2 aromatic carbocycles. The van der Waals surface area contributed by atoms with E-state index in [4.69, 9.17) is 11.6 Å². The molecule has 4 rings (SSSR count). The van der Waals surface area contributed by atoms with Gasteiger partial charge in [-0.2, -0.15) is 5.10 Å². The zero-order chi connectivity index (χ0) is 24.1. The second-order valence-corrected chi connectivity index (χ2v) is 8.50. The van der Waals surface area contributed by atoms with E-state index in [1.807, 2.05) is 6.92 Å². The summed E-state index contributed by atoms with van der Waals surface area (Å²) in [6, 6.07) is 6.10. The van der Waals surface area contributed by atoms with E-state index in [0.717, 1.165) is 6.07 Å². The molecule has 0 aliphatic carbocycles. The fourth-order valence-electron chi connectivity index (χ4n) is 4.30. The molecule has 11 heteroatoms. The van der Waals surface area contributed by atoms with Gasteiger partial charge in [0.1, 0.15) is 11.6 Å². The summed E-state index contributed by atoms with van der Waals surface area (Å²) in [6.45, 7) is 4.73. The monoisotopic (exact) mass is 485 g/mol. The second-order valence-electron chi connectivity index (χ2n) is 8.07. The Morgan fingerprint density at radius 2 is 2.00 bits per heavy atom. The molecule has 3 aromatic rings. The molecule has 0 saturated carbocycles. The summed E-state index contributed by atoms with van der Waals surface area (Å²) in [5, 5.41) is 14.4. The molecule has 1 saturated heterocycles. The summed E-state index contributed by atoms with van der Waals surface area (Å²) in [7, 11) is 0. The third-order valence-electron chi connectivity index (χ3n) is 5.91. The third-order valence-corrected chi connectivity index (χ3v) is 6.13. The largest absolute Gasteiger partial charge is 0.573 e. The van der Waals surface area contributed by atoms with Crippen LogP contribution in [0.3, 0.4) is 0 Å². The maximum absolute atomic E-state index is 14.3. The number of carbonyl (C=O) groups is 1. The van der Waals surface area contributed by atoms with Crippen LogP contribution in [0.25, 0.3) is 10.9 Å². The van der Waals surface area contributed by atoms with Crippen LogP contribution in [0.2, 0.25) is 5.02 Å². The molecule has 1 aliphatic heterocycles. The fourth-order valence-corrected chi connectivity index (χ4v) is 4.54. The van der Waals surface area contributed by atoms with Crippen LogP contribution >= 0.6 is 11.6 Å². The van der Waals surface area contributed by atoms with Crippen molar-refractivity contribution in [2.75, 3.05) is 13.1 Å². The highest BCUT2D eigenvalue weighted by Gasteiger charge is 2.33. The highest BCUT2D eigenvalue weighted by molar-refractivity contribution is 6.30. The Labute approximate surface area is 191 Å². The minimum Gasteiger partial charge on any atom is -0.478 e. The summed E-state index contributed by atoms with van der Waals surface area (Å²) in [4.78, 5) is 13.3. The Morgan fingerprint density at radius 3 is 2.67 bits per heavy atom. The zero-order valence-corrected chi connectivity index (χ0v) is 18.4. The van der Waals surface area contributed by atoms with E-state index < -0.39 is 23.7 Å². The maximum Gasteiger partial charge on any atom is 0.573 e. The Morgan fingerprint density at radius 1 is 1.27 bits per heavy atom. The maximum atomic E-state index is 14.3. The van der Waals surface area contributed by atoms with Gasteiger partial charge < -0.3 is 9.84 Å². The Balaban J connectivity index is 1.58. The number of aromatic carboxylic acids is 1. The van der Waals surface area contributed by atoms with Gasteiger partial charge in [0.25, 0.3) is 0 Å². The molecule has 1 aliphatic rings. The van der Waals surface area contributed by atoms with E-state index in [0.29, 0.717) is 41.7 Å². The van der Waals surface area contributed by atoms with Gasteiger partial charge in [-0.15, -0.1) is 13.2 Å². The third kappa shape index (κ3) is 4.77. The molecule has 2 atom stereocenters. The van der Waals surface area contributed by atoms with Gasteiger partial charge in [0.15, 0.2) is 0 Å². The number of rotatable bonds is 5. The molecular formula is C22H20ClF4N3O3. The van der Waals surface area contributed by atoms with Crippen molar-refractivity contribution in [1.29, 1.82) is 0 Å². The molecule has 0 unspecified atom stereocenters. The second kappa shape index (κ2) is 8.49. The van der Waals surface area contributed by atoms with Crippen LogP contribution in [0, 0.1) is 12.7 Å². The standard InChI is InChI=1S/C22H20ClF4N3O3/c1-11-17-8-18(21(31)32)19(24)9-20(17)30(28-11)15-3-4-29(10-15)12(2)13-5-14(23)7-16(6-13)33-22(25,26)27/h5-9,12,15H,3-4,10H2,1-2H3,(H,31,32)/t12-,15-/m1/s1. The van der Waals surface area contributed by atoms with E-state index in [1.54, 1.807) is 17.7 Å². The molecule has 0 bridgehead atoms. The number of benzene rings is 2. The number of nitrogens with zero attached hydrogens (tertiary/aromatic N) is 3. The van der Waals surface area contributed by atoms with Crippen molar-refractivity contribution in [2.24, 2.45) is 0 Å². The number of fused-ring (bicyclic) bond motifs is 1. The number of aryl methyl sites for hydroxylation is 1. The minimum absolute atomic E-state index is 0.121. The molecule has 0 amide bonds. The molecular weight excluding hydrogens is 466 g/mol. The van der Waals surface area contributed by atoms with Crippen molar-refractivity contribution in [3.05, 3.63) is 58.0 Å². The van der Waals surface area contributed by atoms with Gasteiger partial charge >= 0.3 is 12.3 Å². The van der Waals surface area contributed by atoms with Gasteiger partial charge in [0.2, 0.25) is 0 Å². The van der Waals surface area contributed by atoms with Crippen LogP contribution in [0.5, 0.6) is 5.75 Å². The number of ether oxygens (including phenoxy) is 1. The normalized spacial score (nSPS) is 18.1. The molecule has 176 valence electrons. The Bertz CT molecular complexity index is 1230. The van der Waals surface area contributed by atoms with Crippen LogP contribution in [0.15, 0.2) is 30.3 Å². The van der Waals surface area contributed by atoms with Gasteiger partial charge in [0, 0.05) is 35.6 Å². The summed E-state index contributed by atoms with van der Waals surface area (Å²) in [6.07, 6.45) is -4.14. The predicted octanol–water partition coefficient (Wildman–Crippen LogP) is 5.74. The number of aromatic nitrogens is 2. The van der Waals surface area contributed by atoms with Crippen molar-refractivity contribution in [3.63, 3.8) is 0 Å². The molecule has 0 radical (unpaired) electrons. The number of hydrogen-bond donors (Lipinski definition) is 1. The van der Waals surface area contributed by atoms with Crippen molar-refractivity contribution >= 4 is 28.5 Å². The van der Waals surface area contributed by atoms with E-state index >= 15 is 0 Å². The number of carboxylic acids is 1. The number of hydrogen-bond acceptors (Lipinski definition) is 4. The number of alkyl halides is 3. The van der Waals surface area contributed by atoms with Crippen molar-refractivity contribution in [1.82, 2.24) is 14.7 Å². The summed E-state index contributed by atoms with van der Waals surface area (Å²) >= 11 is 6.01. The lowest BCUT2D eigenvalue weighted by atomic mass is 10.1. The highest BCUT2D eigenvalue weighted by atomic mass is 35.5. The minimum atomic E-state index is -4.82. The van der Waals surface area contributed by atoms with Gasteiger partial charge in [-0.25, -0.2) is 9.18 Å². The number of carboxylic acid groups (broad SMARTS) is 1. The molecule has 1 fully saturated rings. The molecule has 2 heterocycles. The highest BCUT2D eigenvalue weighted by Crippen LogP contribution is 2.36. The molecule has 0 spiro atoms. The van der Waals surface area contributed by atoms with Gasteiger partial charge in [-0.1, -0.05) is 11.6 Å². The first kappa shape index (κ1) is 23.3. The fraction of sp³-hybridized carbons (Fsp3) is 0.364. The quantitative estimate of drug-likeness (QED) is 0.467. The van der Waals surface area contributed by atoms with Crippen LogP contribution in [0.1, 0.15) is 47.0 Å². The summed E-state index contributed by atoms with van der Waals surface area (Å²) < 4.78 is 57.9. The van der Waals surface area contributed by atoms with Gasteiger partial charge in [-0.3, -0.25) is 9.58 Å². The van der Waals surface area contributed by atoms with Crippen LogP contribution in [0.4, 0.5) is 17.6 Å². The van der Waals surface area contributed by atoms with E-state index in [2.05, 4.69) is 14.7 Å². The number of halogens is 5. The first-order chi connectivity index (χ1) is 15.4. The zero-order valence-electron chi connectivity index (χ0n) is 17.7. The van der Waals surface area contributed by atoms with Crippen molar-refractivity contribution < 1.29 is 32.2 Å². The van der Waals surface area contributed by atoms with Crippen LogP contribution in [-0.4, -0.2) is 45.2 Å². The first-order valence-electron chi connectivity index (χ1n) is 10.1. The first-order valence-corrected chi connectivity index (χ1v) is 10.5. The lowest BCUT2D eigenvalue weighted by Crippen LogP contribution is -2.25. The molecule has 33 heavy (non-hydrogen) atoms. The van der Waals surface area contributed by atoms with Gasteiger partial charge in [0.05, 0.1) is 22.8 Å². The van der Waals surface area contributed by atoms with E-state index in [1.165, 1.54) is 18.2 Å². The van der Waals surface area contributed by atoms with E-state index in [-0.39, 0.29) is 22.9 Å². The van der Waals surface area contributed by atoms with Crippen LogP contribution in [-0.2, 0) is 0 Å². The Hall–Kier alpha value is -2.85. The lowest BCUT2D eigenvalue weighted by Gasteiger charge is -2.25. The topological polar surface area (TPSA) is 67.6 Å². The smallest absolute Gasteiger partial charge is 0.478 e. The molecule has 1 N–H and O–H groups in total.